The van der Waals surface area contributed by atoms with E-state index in [2.05, 4.69) is 15.5 Å². The Bertz CT molecular complexity index is 634. The number of carbonyl (C=O) groups is 1. The maximum atomic E-state index is 11.9. The summed E-state index contributed by atoms with van der Waals surface area (Å²) in [6.45, 7) is 2.04. The van der Waals surface area contributed by atoms with Crippen molar-refractivity contribution >= 4 is 57.3 Å². The van der Waals surface area contributed by atoms with Gasteiger partial charge in [0, 0.05) is 6.42 Å². The van der Waals surface area contributed by atoms with E-state index >= 15 is 0 Å². The lowest BCUT2D eigenvalue weighted by Crippen LogP contribution is -2.12. The molecule has 1 aromatic heterocycles. The average molecular weight is 362 g/mol. The molecular weight excluding hydrogens is 349 g/mol. The molecule has 0 aliphatic carbocycles. The minimum absolute atomic E-state index is 0.0923. The fourth-order valence-electron chi connectivity index (χ4n) is 1.58. The Morgan fingerprint density at radius 3 is 2.86 bits per heavy atom. The lowest BCUT2D eigenvalue weighted by molar-refractivity contribution is -0.116. The Labute approximate surface area is 141 Å². The molecule has 0 atom stereocenters. The maximum absolute atomic E-state index is 11.9. The van der Waals surface area contributed by atoms with Crippen LogP contribution in [0.5, 0.6) is 0 Å². The minimum Gasteiger partial charge on any atom is -0.300 e. The van der Waals surface area contributed by atoms with Crippen molar-refractivity contribution < 1.29 is 4.79 Å². The molecule has 0 aliphatic heterocycles. The number of nitrogens with one attached hydrogen (secondary N) is 1. The normalized spacial score (nSPS) is 10.6. The Morgan fingerprint density at radius 1 is 1.33 bits per heavy atom. The topological polar surface area (TPSA) is 54.9 Å². The van der Waals surface area contributed by atoms with Gasteiger partial charge < -0.3 is 5.32 Å². The first-order valence-corrected chi connectivity index (χ1v) is 8.84. The van der Waals surface area contributed by atoms with Crippen molar-refractivity contribution in [3.05, 3.63) is 33.8 Å². The Hall–Kier alpha value is -0.820. The number of aryl methyl sites for hydroxylation is 1. The molecule has 8 heteroatoms. The third-order valence-electron chi connectivity index (χ3n) is 2.55. The minimum atomic E-state index is -0.0923. The van der Waals surface area contributed by atoms with Crippen molar-refractivity contribution in [1.29, 1.82) is 0 Å². The van der Waals surface area contributed by atoms with E-state index in [1.165, 1.54) is 11.3 Å². The molecule has 2 rings (SSSR count). The van der Waals surface area contributed by atoms with Crippen molar-refractivity contribution in [3.63, 3.8) is 0 Å². The molecule has 0 fully saturated rings. The second kappa shape index (κ2) is 7.98. The Balaban J connectivity index is 1.85. The van der Waals surface area contributed by atoms with Gasteiger partial charge in [0.25, 0.3) is 0 Å². The Kier molecular flexibility index (Phi) is 6.29. The summed E-state index contributed by atoms with van der Waals surface area (Å²) in [7, 11) is 0. The van der Waals surface area contributed by atoms with Crippen molar-refractivity contribution in [3.8, 4) is 0 Å². The summed E-state index contributed by atoms with van der Waals surface area (Å²) in [5, 5.41) is 12.2. The van der Waals surface area contributed by atoms with Crippen LogP contribution in [-0.4, -0.2) is 21.9 Å². The fourth-order valence-corrected chi connectivity index (χ4v) is 3.56. The number of hydrogen-bond acceptors (Lipinski definition) is 5. The van der Waals surface area contributed by atoms with Crippen molar-refractivity contribution in [1.82, 2.24) is 10.2 Å². The third-order valence-corrected chi connectivity index (χ3v) is 5.14. The van der Waals surface area contributed by atoms with Crippen LogP contribution >= 0.6 is 46.3 Å². The van der Waals surface area contributed by atoms with Crippen LogP contribution in [0, 0.1) is 0 Å². The number of nitrogens with zero attached hydrogens (tertiary/aromatic N) is 2. The monoisotopic (exact) mass is 361 g/mol. The number of carbonyl (C=O) groups excluding carboxylic acids is 1. The quantitative estimate of drug-likeness (QED) is 0.606. The number of amides is 1. The smallest absolute Gasteiger partial charge is 0.226 e. The molecule has 0 aliphatic rings. The Morgan fingerprint density at radius 2 is 2.14 bits per heavy atom. The predicted molar refractivity (Wildman–Crippen MR) is 89.7 cm³/mol. The second-order valence-electron chi connectivity index (χ2n) is 4.10. The van der Waals surface area contributed by atoms with Crippen LogP contribution in [0.2, 0.25) is 10.0 Å². The fraction of sp³-hybridized carbons (Fsp3) is 0.308. The van der Waals surface area contributed by atoms with Gasteiger partial charge in [0.1, 0.15) is 0 Å². The van der Waals surface area contributed by atoms with Gasteiger partial charge in [0.15, 0.2) is 4.34 Å². The highest BCUT2D eigenvalue weighted by Crippen LogP contribution is 2.25. The maximum Gasteiger partial charge on any atom is 0.226 e. The van der Waals surface area contributed by atoms with E-state index in [1.807, 2.05) is 13.0 Å². The summed E-state index contributed by atoms with van der Waals surface area (Å²) in [5.74, 6) is 0.838. The molecule has 2 aromatic rings. The summed E-state index contributed by atoms with van der Waals surface area (Å²) in [5.41, 5.74) is 0.971. The standard InChI is InChI=1S/C13H13Cl2N3OS2/c1-2-20-13-18-17-12(21-13)16-11(19)6-4-8-3-5-9(14)10(15)7-8/h3,5,7H,2,4,6H2,1H3,(H,16,17,19). The summed E-state index contributed by atoms with van der Waals surface area (Å²) in [4.78, 5) is 11.9. The summed E-state index contributed by atoms with van der Waals surface area (Å²) in [6.07, 6.45) is 0.950. The molecule has 1 amide bonds. The molecule has 21 heavy (non-hydrogen) atoms. The van der Waals surface area contributed by atoms with Crippen LogP contribution in [0.4, 0.5) is 5.13 Å². The molecule has 0 saturated carbocycles. The van der Waals surface area contributed by atoms with Gasteiger partial charge >= 0.3 is 0 Å². The van der Waals surface area contributed by atoms with E-state index in [0.717, 1.165) is 15.7 Å². The molecule has 112 valence electrons. The van der Waals surface area contributed by atoms with Gasteiger partial charge in [-0.05, 0) is 29.9 Å². The van der Waals surface area contributed by atoms with Gasteiger partial charge in [0.05, 0.1) is 10.0 Å². The van der Waals surface area contributed by atoms with Crippen LogP contribution in [0.15, 0.2) is 22.5 Å². The number of hydrogen-bond donors (Lipinski definition) is 1. The first-order valence-electron chi connectivity index (χ1n) is 6.28. The molecule has 1 aromatic carbocycles. The van der Waals surface area contributed by atoms with Crippen LogP contribution in [0.25, 0.3) is 0 Å². The van der Waals surface area contributed by atoms with E-state index in [1.54, 1.807) is 23.9 Å². The third kappa shape index (κ3) is 5.14. The predicted octanol–water partition coefficient (Wildman–Crippen LogP) is 4.53. The number of anilines is 1. The summed E-state index contributed by atoms with van der Waals surface area (Å²) >= 11 is 14.8. The van der Waals surface area contributed by atoms with Crippen LogP contribution < -0.4 is 5.32 Å². The van der Waals surface area contributed by atoms with Gasteiger partial charge in [-0.1, -0.05) is 59.3 Å². The summed E-state index contributed by atoms with van der Waals surface area (Å²) < 4.78 is 0.859. The highest BCUT2D eigenvalue weighted by molar-refractivity contribution is 8.01. The molecule has 1 heterocycles. The summed E-state index contributed by atoms with van der Waals surface area (Å²) in [6, 6.07) is 5.37. The van der Waals surface area contributed by atoms with Gasteiger partial charge in [-0.25, -0.2) is 0 Å². The lowest BCUT2D eigenvalue weighted by atomic mass is 10.1. The van der Waals surface area contributed by atoms with Gasteiger partial charge in [-0.2, -0.15) is 0 Å². The number of thioether (sulfide) groups is 1. The van der Waals surface area contributed by atoms with Crippen LogP contribution in [0.3, 0.4) is 0 Å². The zero-order valence-electron chi connectivity index (χ0n) is 11.2. The first-order chi connectivity index (χ1) is 10.1. The zero-order valence-corrected chi connectivity index (χ0v) is 14.4. The van der Waals surface area contributed by atoms with E-state index in [-0.39, 0.29) is 5.91 Å². The first kappa shape index (κ1) is 16.5. The SMILES string of the molecule is CCSc1nnc(NC(=O)CCc2ccc(Cl)c(Cl)c2)s1. The van der Waals surface area contributed by atoms with E-state index in [4.69, 9.17) is 23.2 Å². The number of aromatic nitrogens is 2. The largest absolute Gasteiger partial charge is 0.300 e. The molecule has 0 unspecified atom stereocenters. The molecule has 4 nitrogen and oxygen atoms in total. The van der Waals surface area contributed by atoms with E-state index in [9.17, 15) is 4.79 Å². The molecule has 0 saturated heterocycles. The second-order valence-corrected chi connectivity index (χ2v) is 7.41. The van der Waals surface area contributed by atoms with Crippen molar-refractivity contribution in [2.24, 2.45) is 0 Å². The lowest BCUT2D eigenvalue weighted by Gasteiger charge is -2.03. The van der Waals surface area contributed by atoms with Crippen molar-refractivity contribution in [2.75, 3.05) is 11.1 Å². The van der Waals surface area contributed by atoms with Gasteiger partial charge in [-0.15, -0.1) is 10.2 Å². The van der Waals surface area contributed by atoms with Crippen LogP contribution in [-0.2, 0) is 11.2 Å². The zero-order chi connectivity index (χ0) is 15.2. The number of benzene rings is 1. The molecule has 0 radical (unpaired) electrons. The molecular formula is C13H13Cl2N3OS2. The van der Waals surface area contributed by atoms with E-state index < -0.39 is 0 Å². The molecule has 0 spiro atoms. The molecule has 0 bridgehead atoms. The number of halogens is 2. The highest BCUT2D eigenvalue weighted by Gasteiger charge is 2.09. The van der Waals surface area contributed by atoms with Crippen LogP contribution in [0.1, 0.15) is 18.9 Å². The average Bonchev–Trinajstić information content (AvgIpc) is 2.88. The highest BCUT2D eigenvalue weighted by atomic mass is 35.5. The molecule has 1 N–H and O–H groups in total. The number of rotatable bonds is 6. The van der Waals surface area contributed by atoms with Gasteiger partial charge in [-0.3, -0.25) is 4.79 Å². The van der Waals surface area contributed by atoms with Crippen molar-refractivity contribution in [2.45, 2.75) is 24.1 Å². The van der Waals surface area contributed by atoms with E-state index in [0.29, 0.717) is 28.0 Å². The van der Waals surface area contributed by atoms with Gasteiger partial charge in [0.2, 0.25) is 11.0 Å².